The summed E-state index contributed by atoms with van der Waals surface area (Å²) in [4.78, 5) is 48.3. The van der Waals surface area contributed by atoms with E-state index in [2.05, 4.69) is 16.0 Å². The van der Waals surface area contributed by atoms with Crippen molar-refractivity contribution in [3.63, 3.8) is 0 Å². The van der Waals surface area contributed by atoms with Gasteiger partial charge < -0.3 is 20.1 Å². The lowest BCUT2D eigenvalue weighted by Crippen LogP contribution is -2.47. The van der Waals surface area contributed by atoms with E-state index in [4.69, 9.17) is 9.47 Å². The van der Waals surface area contributed by atoms with Crippen LogP contribution in [0.25, 0.3) is 0 Å². The predicted octanol–water partition coefficient (Wildman–Crippen LogP) is 2.01. The highest BCUT2D eigenvalue weighted by Gasteiger charge is 2.27. The van der Waals surface area contributed by atoms with Crippen molar-refractivity contribution in [3.05, 3.63) is 29.8 Å². The second-order valence-electron chi connectivity index (χ2n) is 7.09. The quantitative estimate of drug-likeness (QED) is 0.497. The molecule has 0 aliphatic rings. The number of urea groups is 1. The number of carbonyl (C=O) groups excluding carboxylic acids is 4. The van der Waals surface area contributed by atoms with Gasteiger partial charge in [0.05, 0.1) is 6.61 Å². The van der Waals surface area contributed by atoms with Crippen molar-refractivity contribution in [1.29, 1.82) is 0 Å². The van der Waals surface area contributed by atoms with E-state index in [1.54, 1.807) is 45.0 Å². The summed E-state index contributed by atoms with van der Waals surface area (Å²) in [5.74, 6) is -1.62. The Morgan fingerprint density at radius 3 is 2.13 bits per heavy atom. The van der Waals surface area contributed by atoms with Crippen LogP contribution in [0, 0.1) is 5.92 Å². The van der Waals surface area contributed by atoms with Crippen LogP contribution in [0.2, 0.25) is 0 Å². The third-order valence-electron chi connectivity index (χ3n) is 4.22. The maximum absolute atomic E-state index is 12.5. The summed E-state index contributed by atoms with van der Waals surface area (Å²) in [5.41, 5.74) is 0.358. The van der Waals surface area contributed by atoms with E-state index in [9.17, 15) is 19.2 Å². The highest BCUT2D eigenvalue weighted by molar-refractivity contribution is 5.98. The molecule has 0 heterocycles. The topological polar surface area (TPSA) is 123 Å². The van der Waals surface area contributed by atoms with E-state index >= 15 is 0 Å². The van der Waals surface area contributed by atoms with Crippen LogP contribution in [-0.4, -0.2) is 49.1 Å². The largest absolute Gasteiger partial charge is 0.494 e. The van der Waals surface area contributed by atoms with Gasteiger partial charge in [-0.1, -0.05) is 20.8 Å². The minimum atomic E-state index is -0.953. The number of hydrogen-bond acceptors (Lipinski definition) is 6. The normalized spacial score (nSPS) is 12.5. The highest BCUT2D eigenvalue weighted by atomic mass is 16.5. The smallest absolute Gasteiger partial charge is 0.329 e. The third kappa shape index (κ3) is 8.50. The van der Waals surface area contributed by atoms with Gasteiger partial charge in [0, 0.05) is 11.6 Å². The molecule has 0 radical (unpaired) electrons. The molecule has 9 heteroatoms. The molecule has 3 N–H and O–H groups in total. The molecule has 0 saturated carbocycles. The fraction of sp³-hybridized carbons (Fsp3) is 0.524. The number of rotatable bonds is 10. The molecular weight excluding hydrogens is 390 g/mol. The molecule has 0 unspecified atom stereocenters. The van der Waals surface area contributed by atoms with E-state index in [1.165, 1.54) is 0 Å². The number of ether oxygens (including phenoxy) is 2. The Bertz CT molecular complexity index is 733. The summed E-state index contributed by atoms with van der Waals surface area (Å²) < 4.78 is 10.3. The number of amides is 4. The molecule has 0 aliphatic carbocycles. The second kappa shape index (κ2) is 12.5. The fourth-order valence-electron chi connectivity index (χ4n) is 2.34. The average molecular weight is 421 g/mol. The lowest BCUT2D eigenvalue weighted by atomic mass is 10.0. The summed E-state index contributed by atoms with van der Waals surface area (Å²) in [5, 5.41) is 7.27. The van der Waals surface area contributed by atoms with Gasteiger partial charge in [-0.3, -0.25) is 14.9 Å². The first-order valence-corrected chi connectivity index (χ1v) is 9.98. The number of benzene rings is 1. The van der Waals surface area contributed by atoms with Crippen LogP contribution in [-0.2, 0) is 14.3 Å². The molecule has 0 fully saturated rings. The van der Waals surface area contributed by atoms with Gasteiger partial charge in [-0.15, -0.1) is 0 Å². The van der Waals surface area contributed by atoms with Crippen LogP contribution in [0.3, 0.4) is 0 Å². The highest BCUT2D eigenvalue weighted by Crippen LogP contribution is 2.13. The third-order valence-corrected chi connectivity index (χ3v) is 4.22. The van der Waals surface area contributed by atoms with Gasteiger partial charge in [0.1, 0.15) is 11.8 Å². The van der Waals surface area contributed by atoms with Crippen LogP contribution in [0.5, 0.6) is 5.75 Å². The van der Waals surface area contributed by atoms with E-state index in [1.807, 2.05) is 13.8 Å². The zero-order valence-electron chi connectivity index (χ0n) is 18.1. The lowest BCUT2D eigenvalue weighted by Gasteiger charge is -2.21. The monoisotopic (exact) mass is 421 g/mol. The molecule has 1 aromatic rings. The Balaban J connectivity index is 2.60. The predicted molar refractivity (Wildman–Crippen MR) is 111 cm³/mol. The van der Waals surface area contributed by atoms with Gasteiger partial charge in [-0.05, 0) is 50.5 Å². The SMILES string of the molecule is CCOc1ccc(C(=O)N[C@H](C(=O)OCC(=O)NC(=O)N[C@@H](C)CC)C(C)C)cc1. The van der Waals surface area contributed by atoms with Crippen molar-refractivity contribution in [3.8, 4) is 5.75 Å². The molecule has 0 aromatic heterocycles. The van der Waals surface area contributed by atoms with Crippen molar-refractivity contribution in [2.45, 2.75) is 53.1 Å². The number of imide groups is 1. The lowest BCUT2D eigenvalue weighted by molar-refractivity contribution is -0.151. The Morgan fingerprint density at radius 1 is 0.967 bits per heavy atom. The van der Waals surface area contributed by atoms with Gasteiger partial charge in [0.15, 0.2) is 6.61 Å². The summed E-state index contributed by atoms with van der Waals surface area (Å²) >= 11 is 0. The Labute approximate surface area is 176 Å². The van der Waals surface area contributed by atoms with Gasteiger partial charge in [0.25, 0.3) is 11.8 Å². The van der Waals surface area contributed by atoms with E-state index in [0.29, 0.717) is 24.3 Å². The van der Waals surface area contributed by atoms with E-state index < -0.39 is 36.5 Å². The number of carbonyl (C=O) groups is 4. The first kappa shape index (κ1) is 24.9. The Hall–Kier alpha value is -3.10. The van der Waals surface area contributed by atoms with E-state index in [-0.39, 0.29) is 12.0 Å². The molecule has 4 amide bonds. The van der Waals surface area contributed by atoms with Crippen LogP contribution in [0.4, 0.5) is 4.79 Å². The Kier molecular flexibility index (Phi) is 10.4. The van der Waals surface area contributed by atoms with Gasteiger partial charge in [-0.2, -0.15) is 0 Å². The molecule has 2 atom stereocenters. The maximum atomic E-state index is 12.5. The summed E-state index contributed by atoms with van der Waals surface area (Å²) in [6.07, 6.45) is 0.709. The first-order valence-electron chi connectivity index (χ1n) is 9.98. The van der Waals surface area contributed by atoms with E-state index in [0.717, 1.165) is 0 Å². The number of nitrogens with one attached hydrogen (secondary N) is 3. The minimum Gasteiger partial charge on any atom is -0.494 e. The molecule has 0 spiro atoms. The summed E-state index contributed by atoms with van der Waals surface area (Å²) in [6.45, 7) is 8.91. The molecule has 30 heavy (non-hydrogen) atoms. The molecule has 0 aliphatic heterocycles. The summed E-state index contributed by atoms with van der Waals surface area (Å²) in [7, 11) is 0. The van der Waals surface area contributed by atoms with Crippen LogP contribution >= 0.6 is 0 Å². The van der Waals surface area contributed by atoms with Crippen molar-refractivity contribution >= 4 is 23.8 Å². The number of hydrogen-bond donors (Lipinski definition) is 3. The zero-order chi connectivity index (χ0) is 22.7. The second-order valence-corrected chi connectivity index (χ2v) is 7.09. The van der Waals surface area contributed by atoms with Gasteiger partial charge in [-0.25, -0.2) is 9.59 Å². The average Bonchev–Trinajstić information content (AvgIpc) is 2.70. The zero-order valence-corrected chi connectivity index (χ0v) is 18.1. The van der Waals surface area contributed by atoms with Crippen LogP contribution in [0.1, 0.15) is 51.4 Å². The van der Waals surface area contributed by atoms with Gasteiger partial charge >= 0.3 is 12.0 Å². The molecule has 1 rings (SSSR count). The fourth-order valence-corrected chi connectivity index (χ4v) is 2.34. The van der Waals surface area contributed by atoms with Crippen molar-refractivity contribution in [2.24, 2.45) is 5.92 Å². The minimum absolute atomic E-state index is 0.0940. The molecule has 1 aromatic carbocycles. The van der Waals surface area contributed by atoms with Crippen LogP contribution in [0.15, 0.2) is 24.3 Å². The molecule has 0 bridgehead atoms. The van der Waals surface area contributed by atoms with Gasteiger partial charge in [0.2, 0.25) is 0 Å². The standard InChI is InChI=1S/C21H31N3O6/c1-6-14(5)22-21(28)23-17(25)12-30-20(27)18(13(3)4)24-19(26)15-8-10-16(11-9-15)29-7-2/h8-11,13-14,18H,6-7,12H2,1-5H3,(H,24,26)(H2,22,23,25,28)/t14-,18-/m0/s1. The molecular formula is C21H31N3O6. The summed E-state index contributed by atoms with van der Waals surface area (Å²) in [6, 6.07) is 4.80. The maximum Gasteiger partial charge on any atom is 0.329 e. The number of esters is 1. The molecule has 0 saturated heterocycles. The van der Waals surface area contributed by atoms with Crippen molar-refractivity contribution in [2.75, 3.05) is 13.2 Å². The van der Waals surface area contributed by atoms with Crippen molar-refractivity contribution < 1.29 is 28.7 Å². The Morgan fingerprint density at radius 2 is 1.60 bits per heavy atom. The van der Waals surface area contributed by atoms with Crippen LogP contribution < -0.4 is 20.7 Å². The van der Waals surface area contributed by atoms with Crippen molar-refractivity contribution in [1.82, 2.24) is 16.0 Å². The first-order chi connectivity index (χ1) is 14.2. The molecule has 9 nitrogen and oxygen atoms in total. The molecule has 166 valence electrons.